The molecule has 4 aromatic rings. The fourth-order valence-corrected chi connectivity index (χ4v) is 4.96. The molecule has 0 radical (unpaired) electrons. The number of para-hydroxylation sites is 1. The van der Waals surface area contributed by atoms with Crippen LogP contribution in [0.5, 0.6) is 0 Å². The maximum atomic E-state index is 12.2. The van der Waals surface area contributed by atoms with Crippen LogP contribution >= 0.6 is 23.1 Å². The summed E-state index contributed by atoms with van der Waals surface area (Å²) in [5.74, 6) is 0.710. The number of thioether (sulfide) groups is 1. The molecule has 0 spiro atoms. The number of aromatic nitrogens is 3. The zero-order chi connectivity index (χ0) is 19.7. The van der Waals surface area contributed by atoms with Crippen LogP contribution in [0.1, 0.15) is 16.0 Å². The SMILES string of the molecule is Cc1sc2nc(SCC(=O)NCCc3c[nH]c4ccccc34)nc(N)c2c1C. The Labute approximate surface area is 171 Å². The Morgan fingerprint density at radius 1 is 1.29 bits per heavy atom. The number of nitrogen functional groups attached to an aromatic ring is 1. The molecule has 0 saturated heterocycles. The molecule has 4 N–H and O–H groups in total. The number of hydrogen-bond donors (Lipinski definition) is 3. The Kier molecular flexibility index (Phi) is 5.23. The average Bonchev–Trinajstić information content (AvgIpc) is 3.21. The average molecular weight is 412 g/mol. The number of nitrogens with two attached hydrogens (primary N) is 1. The van der Waals surface area contributed by atoms with Gasteiger partial charge in [-0.2, -0.15) is 0 Å². The van der Waals surface area contributed by atoms with Gasteiger partial charge in [-0.1, -0.05) is 30.0 Å². The predicted octanol–water partition coefficient (Wildman–Crippen LogP) is 3.82. The number of aromatic amines is 1. The van der Waals surface area contributed by atoms with Crippen LogP contribution in [-0.2, 0) is 11.2 Å². The number of amides is 1. The van der Waals surface area contributed by atoms with Crippen LogP contribution in [-0.4, -0.2) is 33.2 Å². The lowest BCUT2D eigenvalue weighted by Gasteiger charge is -2.05. The Hall–Kier alpha value is -2.58. The van der Waals surface area contributed by atoms with Crippen LogP contribution in [0.4, 0.5) is 5.82 Å². The third-order valence-electron chi connectivity index (χ3n) is 4.76. The molecule has 28 heavy (non-hydrogen) atoms. The van der Waals surface area contributed by atoms with Crippen LogP contribution in [0.25, 0.3) is 21.1 Å². The number of benzene rings is 1. The highest BCUT2D eigenvalue weighted by atomic mass is 32.2. The fourth-order valence-electron chi connectivity index (χ4n) is 3.18. The van der Waals surface area contributed by atoms with Crippen LogP contribution in [0, 0.1) is 13.8 Å². The van der Waals surface area contributed by atoms with E-state index in [2.05, 4.69) is 33.3 Å². The number of thiophene rings is 1. The van der Waals surface area contributed by atoms with E-state index < -0.39 is 0 Å². The maximum Gasteiger partial charge on any atom is 0.230 e. The summed E-state index contributed by atoms with van der Waals surface area (Å²) in [6.45, 7) is 4.67. The zero-order valence-electron chi connectivity index (χ0n) is 15.7. The van der Waals surface area contributed by atoms with E-state index in [0.29, 0.717) is 17.5 Å². The molecular formula is C20H21N5OS2. The molecular weight excluding hydrogens is 390 g/mol. The Balaban J connectivity index is 1.33. The third-order valence-corrected chi connectivity index (χ3v) is 6.71. The molecule has 0 fully saturated rings. The number of anilines is 1. The minimum atomic E-state index is -0.0364. The highest BCUT2D eigenvalue weighted by Crippen LogP contribution is 2.33. The highest BCUT2D eigenvalue weighted by Gasteiger charge is 2.14. The second-order valence-corrected chi connectivity index (χ2v) is 8.75. The normalized spacial score (nSPS) is 11.4. The predicted molar refractivity (Wildman–Crippen MR) is 117 cm³/mol. The van der Waals surface area contributed by atoms with E-state index in [-0.39, 0.29) is 11.7 Å². The van der Waals surface area contributed by atoms with Gasteiger partial charge >= 0.3 is 0 Å². The molecule has 1 amide bonds. The molecule has 0 aliphatic rings. The summed E-state index contributed by atoms with van der Waals surface area (Å²) in [6, 6.07) is 8.17. The molecule has 6 nitrogen and oxygen atoms in total. The van der Waals surface area contributed by atoms with E-state index in [4.69, 9.17) is 5.73 Å². The third kappa shape index (κ3) is 3.70. The van der Waals surface area contributed by atoms with Crippen molar-refractivity contribution in [3.05, 3.63) is 46.5 Å². The topological polar surface area (TPSA) is 96.7 Å². The Bertz CT molecular complexity index is 1160. The molecule has 0 unspecified atom stereocenters. The summed E-state index contributed by atoms with van der Waals surface area (Å²) in [7, 11) is 0. The Morgan fingerprint density at radius 2 is 2.11 bits per heavy atom. The smallest absolute Gasteiger partial charge is 0.230 e. The van der Waals surface area contributed by atoms with Gasteiger partial charge in [-0.15, -0.1) is 11.3 Å². The van der Waals surface area contributed by atoms with Crippen LogP contribution in [0.15, 0.2) is 35.6 Å². The number of fused-ring (bicyclic) bond motifs is 2. The van der Waals surface area contributed by atoms with Crippen molar-refractivity contribution >= 4 is 55.9 Å². The molecule has 0 bridgehead atoms. The van der Waals surface area contributed by atoms with Gasteiger partial charge in [-0.3, -0.25) is 4.79 Å². The minimum Gasteiger partial charge on any atom is -0.383 e. The van der Waals surface area contributed by atoms with Gasteiger partial charge < -0.3 is 16.0 Å². The van der Waals surface area contributed by atoms with Crippen LogP contribution < -0.4 is 11.1 Å². The first-order valence-electron chi connectivity index (χ1n) is 9.00. The van der Waals surface area contributed by atoms with Gasteiger partial charge in [-0.25, -0.2) is 9.97 Å². The zero-order valence-corrected chi connectivity index (χ0v) is 17.3. The lowest BCUT2D eigenvalue weighted by Crippen LogP contribution is -2.27. The molecule has 144 valence electrons. The second kappa shape index (κ2) is 7.81. The van der Waals surface area contributed by atoms with Crippen molar-refractivity contribution in [1.82, 2.24) is 20.3 Å². The molecule has 3 aromatic heterocycles. The number of carbonyl (C=O) groups is 1. The molecule has 8 heteroatoms. The van der Waals surface area contributed by atoms with Crippen molar-refractivity contribution in [3.63, 3.8) is 0 Å². The largest absolute Gasteiger partial charge is 0.383 e. The number of carbonyl (C=O) groups excluding carboxylic acids is 1. The van der Waals surface area contributed by atoms with E-state index in [0.717, 1.165) is 27.7 Å². The van der Waals surface area contributed by atoms with Crippen molar-refractivity contribution in [1.29, 1.82) is 0 Å². The Morgan fingerprint density at radius 3 is 2.96 bits per heavy atom. The molecule has 0 saturated carbocycles. The van der Waals surface area contributed by atoms with Gasteiger partial charge in [0.1, 0.15) is 10.6 Å². The van der Waals surface area contributed by atoms with Crippen molar-refractivity contribution in [2.45, 2.75) is 25.4 Å². The number of hydrogen-bond acceptors (Lipinski definition) is 6. The van der Waals surface area contributed by atoms with Crippen LogP contribution in [0.3, 0.4) is 0 Å². The molecule has 3 heterocycles. The number of H-pyrrole nitrogens is 1. The second-order valence-electron chi connectivity index (χ2n) is 6.60. The molecule has 1 aromatic carbocycles. The first kappa shape index (κ1) is 18.8. The number of aryl methyl sites for hydroxylation is 2. The summed E-state index contributed by atoms with van der Waals surface area (Å²) < 4.78 is 0. The van der Waals surface area contributed by atoms with Crippen LogP contribution in [0.2, 0.25) is 0 Å². The van der Waals surface area contributed by atoms with E-state index in [9.17, 15) is 4.79 Å². The summed E-state index contributed by atoms with van der Waals surface area (Å²) in [5.41, 5.74) is 9.54. The van der Waals surface area contributed by atoms with Gasteiger partial charge in [-0.05, 0) is 37.5 Å². The van der Waals surface area contributed by atoms with Gasteiger partial charge in [0.05, 0.1) is 11.1 Å². The first-order valence-corrected chi connectivity index (χ1v) is 10.8. The number of rotatable bonds is 6. The monoisotopic (exact) mass is 411 g/mol. The number of nitrogens with one attached hydrogen (secondary N) is 2. The van der Waals surface area contributed by atoms with Gasteiger partial charge in [0.2, 0.25) is 5.91 Å². The summed E-state index contributed by atoms with van der Waals surface area (Å²) in [4.78, 5) is 26.4. The van der Waals surface area contributed by atoms with E-state index in [1.165, 1.54) is 27.6 Å². The lowest BCUT2D eigenvalue weighted by atomic mass is 10.1. The van der Waals surface area contributed by atoms with Crippen molar-refractivity contribution in [2.75, 3.05) is 18.0 Å². The quantitative estimate of drug-likeness (QED) is 0.331. The molecule has 0 aliphatic carbocycles. The van der Waals surface area contributed by atoms with E-state index in [1.807, 2.05) is 31.3 Å². The maximum absolute atomic E-state index is 12.2. The van der Waals surface area contributed by atoms with Gasteiger partial charge in [0.25, 0.3) is 0 Å². The van der Waals surface area contributed by atoms with Crippen molar-refractivity contribution in [2.24, 2.45) is 0 Å². The molecule has 0 atom stereocenters. The summed E-state index contributed by atoms with van der Waals surface area (Å²) in [6.07, 6.45) is 2.78. The molecule has 4 rings (SSSR count). The highest BCUT2D eigenvalue weighted by molar-refractivity contribution is 7.99. The molecule has 0 aliphatic heterocycles. The standard InChI is InChI=1S/C20H21N5OS2/c1-11-12(2)28-19-17(11)18(21)24-20(25-19)27-10-16(26)22-8-7-13-9-23-15-6-4-3-5-14(13)15/h3-6,9,23H,7-8,10H2,1-2H3,(H,22,26)(H2,21,24,25). The lowest BCUT2D eigenvalue weighted by molar-refractivity contribution is -0.118. The summed E-state index contributed by atoms with van der Waals surface area (Å²) >= 11 is 2.92. The van der Waals surface area contributed by atoms with E-state index >= 15 is 0 Å². The fraction of sp³-hybridized carbons (Fsp3) is 0.250. The number of nitrogens with zero attached hydrogens (tertiary/aromatic N) is 2. The first-order chi connectivity index (χ1) is 13.5. The summed E-state index contributed by atoms with van der Waals surface area (Å²) in [5, 5.41) is 5.63. The van der Waals surface area contributed by atoms with Gasteiger partial charge in [0.15, 0.2) is 5.16 Å². The van der Waals surface area contributed by atoms with Crippen molar-refractivity contribution < 1.29 is 4.79 Å². The minimum absolute atomic E-state index is 0.0364. The van der Waals surface area contributed by atoms with Crippen molar-refractivity contribution in [3.8, 4) is 0 Å². The van der Waals surface area contributed by atoms with E-state index in [1.54, 1.807) is 11.3 Å². The van der Waals surface area contributed by atoms with Gasteiger partial charge in [0, 0.05) is 28.5 Å².